The molecule has 138 valence electrons. The van der Waals surface area contributed by atoms with Gasteiger partial charge in [0.05, 0.1) is 18.7 Å². The molecule has 1 aromatic heterocycles. The minimum absolute atomic E-state index is 0.0617. The van der Waals surface area contributed by atoms with Gasteiger partial charge in [-0.3, -0.25) is 9.59 Å². The highest BCUT2D eigenvalue weighted by Crippen LogP contribution is 2.42. The summed E-state index contributed by atoms with van der Waals surface area (Å²) in [5, 5.41) is 5.79. The molecule has 2 N–H and O–H groups in total. The molecule has 1 aromatic carbocycles. The standard InChI is InChI=1S/C20H24N2O4/c1-4-6-19(23)22-16-9-13-14(17-8-7-12(5-2)26-17)10-20(24)21-15(13)11-18(16)25-3/h7-9,11,14H,4-6,10H2,1-3H3,(H,21,24)(H,22,23). The van der Waals surface area contributed by atoms with E-state index in [1.54, 1.807) is 13.2 Å². The summed E-state index contributed by atoms with van der Waals surface area (Å²) in [7, 11) is 1.54. The van der Waals surface area contributed by atoms with Gasteiger partial charge in [-0.2, -0.15) is 0 Å². The summed E-state index contributed by atoms with van der Waals surface area (Å²) in [5.74, 6) is 1.84. The fraction of sp³-hybridized carbons (Fsp3) is 0.400. The predicted molar refractivity (Wildman–Crippen MR) is 99.7 cm³/mol. The monoisotopic (exact) mass is 356 g/mol. The van der Waals surface area contributed by atoms with Gasteiger partial charge in [0.1, 0.15) is 17.3 Å². The zero-order valence-electron chi connectivity index (χ0n) is 15.3. The van der Waals surface area contributed by atoms with Crippen LogP contribution in [-0.2, 0) is 16.0 Å². The van der Waals surface area contributed by atoms with Crippen molar-refractivity contribution in [2.24, 2.45) is 0 Å². The number of nitrogens with one attached hydrogen (secondary N) is 2. The lowest BCUT2D eigenvalue weighted by atomic mass is 9.88. The van der Waals surface area contributed by atoms with Crippen molar-refractivity contribution in [1.29, 1.82) is 0 Å². The number of carbonyl (C=O) groups is 2. The van der Waals surface area contributed by atoms with Crippen molar-refractivity contribution in [2.45, 2.75) is 45.4 Å². The molecule has 2 aromatic rings. The number of hydrogen-bond acceptors (Lipinski definition) is 4. The average Bonchev–Trinajstić information content (AvgIpc) is 3.10. The second-order valence-corrected chi connectivity index (χ2v) is 6.40. The van der Waals surface area contributed by atoms with E-state index in [0.29, 0.717) is 30.0 Å². The predicted octanol–water partition coefficient (Wildman–Crippen LogP) is 4.06. The number of methoxy groups -OCH3 is 1. The molecular weight excluding hydrogens is 332 g/mol. The summed E-state index contributed by atoms with van der Waals surface area (Å²) in [6.07, 6.45) is 2.31. The average molecular weight is 356 g/mol. The van der Waals surface area contributed by atoms with Crippen LogP contribution in [-0.4, -0.2) is 18.9 Å². The van der Waals surface area contributed by atoms with E-state index < -0.39 is 0 Å². The van der Waals surface area contributed by atoms with Crippen LogP contribution in [0.5, 0.6) is 5.75 Å². The van der Waals surface area contributed by atoms with E-state index in [2.05, 4.69) is 10.6 Å². The van der Waals surface area contributed by atoms with E-state index in [1.807, 2.05) is 32.0 Å². The summed E-state index contributed by atoms with van der Waals surface area (Å²) in [6.45, 7) is 3.98. The largest absolute Gasteiger partial charge is 0.494 e. The number of hydrogen-bond donors (Lipinski definition) is 2. The first-order valence-corrected chi connectivity index (χ1v) is 8.95. The van der Waals surface area contributed by atoms with E-state index in [0.717, 1.165) is 29.9 Å². The van der Waals surface area contributed by atoms with Gasteiger partial charge in [0, 0.05) is 31.0 Å². The fourth-order valence-corrected chi connectivity index (χ4v) is 3.22. The first kappa shape index (κ1) is 18.0. The van der Waals surface area contributed by atoms with Gasteiger partial charge in [-0.25, -0.2) is 0 Å². The molecule has 0 saturated heterocycles. The maximum Gasteiger partial charge on any atom is 0.225 e. The number of ether oxygens (including phenoxy) is 1. The van der Waals surface area contributed by atoms with E-state index in [-0.39, 0.29) is 17.7 Å². The molecule has 0 aliphatic carbocycles. The number of carbonyl (C=O) groups excluding carboxylic acids is 2. The second-order valence-electron chi connectivity index (χ2n) is 6.40. The first-order chi connectivity index (χ1) is 12.5. The molecule has 1 aliphatic rings. The van der Waals surface area contributed by atoms with Crippen molar-refractivity contribution < 1.29 is 18.7 Å². The summed E-state index contributed by atoms with van der Waals surface area (Å²) in [5.41, 5.74) is 2.20. The van der Waals surface area contributed by atoms with Gasteiger partial charge in [-0.1, -0.05) is 13.8 Å². The van der Waals surface area contributed by atoms with Crippen LogP contribution in [0.2, 0.25) is 0 Å². The Balaban J connectivity index is 2.02. The number of aryl methyl sites for hydroxylation is 1. The Morgan fingerprint density at radius 1 is 1.35 bits per heavy atom. The zero-order valence-corrected chi connectivity index (χ0v) is 15.3. The Hall–Kier alpha value is -2.76. The van der Waals surface area contributed by atoms with Gasteiger partial charge in [0.25, 0.3) is 0 Å². The third-order valence-electron chi connectivity index (χ3n) is 4.54. The van der Waals surface area contributed by atoms with Crippen LogP contribution in [0.15, 0.2) is 28.7 Å². The van der Waals surface area contributed by atoms with Gasteiger partial charge in [0.2, 0.25) is 11.8 Å². The van der Waals surface area contributed by atoms with Gasteiger partial charge < -0.3 is 19.8 Å². The number of furan rings is 1. The molecule has 6 nitrogen and oxygen atoms in total. The number of benzene rings is 1. The van der Waals surface area contributed by atoms with Crippen LogP contribution in [0.4, 0.5) is 11.4 Å². The minimum atomic E-state index is -0.188. The molecule has 0 spiro atoms. The Labute approximate surface area is 152 Å². The maximum atomic E-state index is 12.2. The van der Waals surface area contributed by atoms with Crippen LogP contribution < -0.4 is 15.4 Å². The number of amides is 2. The van der Waals surface area contributed by atoms with Crippen LogP contribution in [0.1, 0.15) is 56.1 Å². The highest BCUT2D eigenvalue weighted by Gasteiger charge is 2.30. The summed E-state index contributed by atoms with van der Waals surface area (Å²) < 4.78 is 11.3. The maximum absolute atomic E-state index is 12.2. The molecule has 26 heavy (non-hydrogen) atoms. The lowest BCUT2D eigenvalue weighted by Crippen LogP contribution is -2.24. The number of fused-ring (bicyclic) bond motifs is 1. The summed E-state index contributed by atoms with van der Waals surface area (Å²) >= 11 is 0. The van der Waals surface area contributed by atoms with E-state index >= 15 is 0 Å². The van der Waals surface area contributed by atoms with Gasteiger partial charge in [-0.05, 0) is 30.2 Å². The quantitative estimate of drug-likeness (QED) is 0.818. The molecule has 2 amide bonds. The van der Waals surface area contributed by atoms with E-state index in [9.17, 15) is 9.59 Å². The highest BCUT2D eigenvalue weighted by molar-refractivity contribution is 5.98. The SMILES string of the molecule is CCCC(=O)Nc1cc2c(cc1OC)NC(=O)CC2c1ccc(CC)o1. The van der Waals surface area contributed by atoms with Crippen molar-refractivity contribution in [3.05, 3.63) is 41.3 Å². The summed E-state index contributed by atoms with van der Waals surface area (Å²) in [4.78, 5) is 24.2. The van der Waals surface area contributed by atoms with Crippen molar-refractivity contribution in [2.75, 3.05) is 17.7 Å². The fourth-order valence-electron chi connectivity index (χ4n) is 3.22. The topological polar surface area (TPSA) is 80.6 Å². The van der Waals surface area contributed by atoms with Crippen LogP contribution in [0.25, 0.3) is 0 Å². The molecule has 6 heteroatoms. The van der Waals surface area contributed by atoms with E-state index in [1.165, 1.54) is 0 Å². The Morgan fingerprint density at radius 3 is 2.81 bits per heavy atom. The molecule has 0 radical (unpaired) electrons. The smallest absolute Gasteiger partial charge is 0.225 e. The van der Waals surface area contributed by atoms with Crippen molar-refractivity contribution in [1.82, 2.24) is 0 Å². The van der Waals surface area contributed by atoms with Crippen LogP contribution in [0.3, 0.4) is 0 Å². The molecule has 3 rings (SSSR count). The molecule has 0 fully saturated rings. The molecule has 0 bridgehead atoms. The van der Waals surface area contributed by atoms with Gasteiger partial charge in [0.15, 0.2) is 0 Å². The van der Waals surface area contributed by atoms with Crippen molar-refractivity contribution in [3.8, 4) is 5.75 Å². The molecular formula is C20H24N2O4. The third-order valence-corrected chi connectivity index (χ3v) is 4.54. The van der Waals surface area contributed by atoms with Crippen molar-refractivity contribution in [3.63, 3.8) is 0 Å². The Kier molecular flexibility index (Phi) is 5.30. The summed E-state index contributed by atoms with van der Waals surface area (Å²) in [6, 6.07) is 7.49. The number of anilines is 2. The lowest BCUT2D eigenvalue weighted by molar-refractivity contribution is -0.117. The normalized spacial score (nSPS) is 16.0. The second kappa shape index (κ2) is 7.64. The van der Waals surface area contributed by atoms with E-state index in [4.69, 9.17) is 9.15 Å². The third kappa shape index (κ3) is 3.59. The molecule has 1 unspecified atom stereocenters. The van der Waals surface area contributed by atoms with Gasteiger partial charge in [-0.15, -0.1) is 0 Å². The lowest BCUT2D eigenvalue weighted by Gasteiger charge is -2.26. The zero-order chi connectivity index (χ0) is 18.7. The Morgan fingerprint density at radius 2 is 2.15 bits per heavy atom. The van der Waals surface area contributed by atoms with Crippen molar-refractivity contribution >= 4 is 23.2 Å². The Bertz CT molecular complexity index is 825. The van der Waals surface area contributed by atoms with Crippen LogP contribution in [0, 0.1) is 0 Å². The molecule has 1 atom stereocenters. The molecule has 0 saturated carbocycles. The molecule has 1 aliphatic heterocycles. The highest BCUT2D eigenvalue weighted by atomic mass is 16.5. The molecule has 2 heterocycles. The number of rotatable bonds is 6. The first-order valence-electron chi connectivity index (χ1n) is 8.95. The van der Waals surface area contributed by atoms with Crippen LogP contribution >= 0.6 is 0 Å². The van der Waals surface area contributed by atoms with Gasteiger partial charge >= 0.3 is 0 Å². The minimum Gasteiger partial charge on any atom is -0.494 e.